The predicted octanol–water partition coefficient (Wildman–Crippen LogP) is -0.267. The van der Waals surface area contributed by atoms with Crippen molar-refractivity contribution in [3.63, 3.8) is 0 Å². The highest BCUT2D eigenvalue weighted by Crippen LogP contribution is 2.03. The van der Waals surface area contributed by atoms with Gasteiger partial charge in [-0.2, -0.15) is 5.10 Å². The molecule has 0 fully saturated rings. The highest BCUT2D eigenvalue weighted by Gasteiger charge is 2.09. The monoisotopic (exact) mass is 278 g/mol. The van der Waals surface area contributed by atoms with Crippen LogP contribution >= 0.6 is 0 Å². The van der Waals surface area contributed by atoms with Crippen LogP contribution in [0.25, 0.3) is 0 Å². The minimum absolute atomic E-state index is 0.0178. The lowest BCUT2D eigenvalue weighted by atomic mass is 10.5. The van der Waals surface area contributed by atoms with E-state index in [4.69, 9.17) is 0 Å². The Kier molecular flexibility index (Phi) is 3.93. The van der Waals surface area contributed by atoms with Crippen LogP contribution in [0.1, 0.15) is 0 Å². The minimum Gasteiger partial charge on any atom is -0.331 e. The second-order valence-electron chi connectivity index (χ2n) is 4.16. The third kappa shape index (κ3) is 3.54. The molecule has 106 valence electrons. The zero-order valence-electron chi connectivity index (χ0n) is 11.0. The minimum atomic E-state index is -0.320. The van der Waals surface area contributed by atoms with Gasteiger partial charge in [-0.15, -0.1) is 5.10 Å². The summed E-state index contributed by atoms with van der Waals surface area (Å²) in [6.07, 6.45) is 4.51. The number of anilines is 2. The second-order valence-corrected chi connectivity index (χ2v) is 4.16. The zero-order valence-corrected chi connectivity index (χ0v) is 11.0. The first-order chi connectivity index (χ1) is 9.54. The molecule has 0 aliphatic carbocycles. The summed E-state index contributed by atoms with van der Waals surface area (Å²) in [7, 11) is 3.22. The van der Waals surface area contributed by atoms with Crippen molar-refractivity contribution >= 4 is 23.4 Å². The van der Waals surface area contributed by atoms with Gasteiger partial charge in [0.15, 0.2) is 5.82 Å². The molecule has 3 N–H and O–H groups in total. The molecule has 10 nitrogen and oxygen atoms in total. The molecule has 0 unspecified atom stereocenters. The van der Waals surface area contributed by atoms with Gasteiger partial charge in [0.1, 0.15) is 6.54 Å². The SMILES string of the molecule is CN(C)C(=O)Nc1cn(CC(=O)Nc2cn[nH]c2)nn1. The quantitative estimate of drug-likeness (QED) is 0.711. The van der Waals surface area contributed by atoms with Crippen LogP contribution in [0, 0.1) is 0 Å². The summed E-state index contributed by atoms with van der Waals surface area (Å²) in [5.74, 6) is 0.00148. The van der Waals surface area contributed by atoms with Crippen LogP contribution < -0.4 is 10.6 Å². The van der Waals surface area contributed by atoms with E-state index < -0.39 is 0 Å². The molecular formula is C10H14N8O2. The molecule has 0 saturated heterocycles. The Labute approximate surface area is 114 Å². The number of aromatic nitrogens is 5. The number of hydrogen-bond donors (Lipinski definition) is 3. The Morgan fingerprint density at radius 1 is 1.40 bits per heavy atom. The first-order valence-electron chi connectivity index (χ1n) is 5.71. The maximum Gasteiger partial charge on any atom is 0.322 e. The summed E-state index contributed by atoms with van der Waals surface area (Å²) >= 11 is 0. The van der Waals surface area contributed by atoms with Crippen molar-refractivity contribution in [1.29, 1.82) is 0 Å². The number of nitrogens with zero attached hydrogens (tertiary/aromatic N) is 5. The van der Waals surface area contributed by atoms with Gasteiger partial charge >= 0.3 is 6.03 Å². The molecule has 0 bridgehead atoms. The highest BCUT2D eigenvalue weighted by atomic mass is 16.2. The summed E-state index contributed by atoms with van der Waals surface area (Å²) in [5.41, 5.74) is 0.566. The molecular weight excluding hydrogens is 264 g/mol. The van der Waals surface area contributed by atoms with E-state index in [1.807, 2.05) is 0 Å². The maximum absolute atomic E-state index is 11.7. The fourth-order valence-corrected chi connectivity index (χ4v) is 1.32. The van der Waals surface area contributed by atoms with Crippen LogP contribution in [0.4, 0.5) is 16.3 Å². The highest BCUT2D eigenvalue weighted by molar-refractivity contribution is 5.90. The first kappa shape index (κ1) is 13.5. The standard InChI is InChI=1S/C10H14N8O2/c1-17(2)10(20)14-8-5-18(16-15-8)6-9(19)13-7-3-11-12-4-7/h3-5H,6H2,1-2H3,(H,11,12)(H,13,19)(H,14,20). The van der Waals surface area contributed by atoms with Gasteiger partial charge in [-0.05, 0) is 0 Å². The van der Waals surface area contributed by atoms with Crippen molar-refractivity contribution in [2.24, 2.45) is 0 Å². The van der Waals surface area contributed by atoms with Crippen molar-refractivity contribution < 1.29 is 9.59 Å². The Balaban J connectivity index is 1.89. The number of nitrogens with one attached hydrogen (secondary N) is 3. The molecule has 20 heavy (non-hydrogen) atoms. The third-order valence-electron chi connectivity index (χ3n) is 2.27. The summed E-state index contributed by atoms with van der Waals surface area (Å²) in [6.45, 7) is -0.0178. The van der Waals surface area contributed by atoms with Gasteiger partial charge in [0.05, 0.1) is 18.1 Å². The van der Waals surface area contributed by atoms with E-state index in [0.717, 1.165) is 0 Å². The molecule has 3 amide bonds. The van der Waals surface area contributed by atoms with E-state index in [2.05, 4.69) is 31.1 Å². The van der Waals surface area contributed by atoms with Crippen LogP contribution in [0.2, 0.25) is 0 Å². The lowest BCUT2D eigenvalue weighted by Gasteiger charge is -2.08. The number of carbonyl (C=O) groups is 2. The summed E-state index contributed by atoms with van der Waals surface area (Å²) in [6, 6.07) is -0.320. The summed E-state index contributed by atoms with van der Waals surface area (Å²) in [5, 5.41) is 18.9. The smallest absolute Gasteiger partial charge is 0.322 e. The van der Waals surface area contributed by atoms with E-state index in [1.165, 1.54) is 22.0 Å². The van der Waals surface area contributed by atoms with Crippen LogP contribution in [0.3, 0.4) is 0 Å². The Morgan fingerprint density at radius 2 is 2.20 bits per heavy atom. The van der Waals surface area contributed by atoms with Gasteiger partial charge in [-0.25, -0.2) is 9.48 Å². The molecule has 0 atom stereocenters. The van der Waals surface area contributed by atoms with Gasteiger partial charge < -0.3 is 10.2 Å². The number of aromatic amines is 1. The summed E-state index contributed by atoms with van der Waals surface area (Å²) < 4.78 is 1.32. The molecule has 10 heteroatoms. The number of rotatable bonds is 4. The van der Waals surface area contributed by atoms with Crippen molar-refractivity contribution in [3.8, 4) is 0 Å². The average Bonchev–Trinajstić information content (AvgIpc) is 3.01. The van der Waals surface area contributed by atoms with Crippen molar-refractivity contribution in [2.45, 2.75) is 6.54 Å². The molecule has 2 heterocycles. The van der Waals surface area contributed by atoms with Crippen molar-refractivity contribution in [1.82, 2.24) is 30.1 Å². The van der Waals surface area contributed by atoms with E-state index in [1.54, 1.807) is 20.3 Å². The fourth-order valence-electron chi connectivity index (χ4n) is 1.32. The molecule has 0 spiro atoms. The van der Waals surface area contributed by atoms with Gasteiger partial charge in [0.25, 0.3) is 0 Å². The largest absolute Gasteiger partial charge is 0.331 e. The van der Waals surface area contributed by atoms with Crippen LogP contribution in [0.15, 0.2) is 18.6 Å². The molecule has 0 aliphatic rings. The van der Waals surface area contributed by atoms with E-state index in [9.17, 15) is 9.59 Å². The average molecular weight is 278 g/mol. The van der Waals surface area contributed by atoms with E-state index >= 15 is 0 Å². The number of hydrogen-bond acceptors (Lipinski definition) is 5. The number of urea groups is 1. The lowest BCUT2D eigenvalue weighted by molar-refractivity contribution is -0.116. The third-order valence-corrected chi connectivity index (χ3v) is 2.27. The van der Waals surface area contributed by atoms with Gasteiger partial charge in [0.2, 0.25) is 5.91 Å². The van der Waals surface area contributed by atoms with Crippen LogP contribution in [0.5, 0.6) is 0 Å². The van der Waals surface area contributed by atoms with E-state index in [0.29, 0.717) is 5.69 Å². The molecule has 0 radical (unpaired) electrons. The van der Waals surface area contributed by atoms with Gasteiger partial charge in [0, 0.05) is 20.3 Å². The first-order valence-corrected chi connectivity index (χ1v) is 5.71. The predicted molar refractivity (Wildman–Crippen MR) is 69.9 cm³/mol. The van der Waals surface area contributed by atoms with E-state index in [-0.39, 0.29) is 24.3 Å². The molecule has 2 aromatic heterocycles. The van der Waals surface area contributed by atoms with Gasteiger partial charge in [-0.3, -0.25) is 15.2 Å². The zero-order chi connectivity index (χ0) is 14.5. The molecule has 2 aromatic rings. The van der Waals surface area contributed by atoms with Crippen molar-refractivity contribution in [3.05, 3.63) is 18.6 Å². The Bertz CT molecular complexity index is 588. The lowest BCUT2D eigenvalue weighted by Crippen LogP contribution is -2.27. The maximum atomic E-state index is 11.7. The van der Waals surface area contributed by atoms with Gasteiger partial charge in [-0.1, -0.05) is 5.21 Å². The topological polar surface area (TPSA) is 121 Å². The molecule has 0 aliphatic heterocycles. The number of amides is 3. The molecule has 0 saturated carbocycles. The number of carbonyl (C=O) groups excluding carboxylic acids is 2. The summed E-state index contributed by atoms with van der Waals surface area (Å²) in [4.78, 5) is 24.5. The fraction of sp³-hybridized carbons (Fsp3) is 0.300. The molecule has 0 aromatic carbocycles. The Hall–Kier alpha value is -2.91. The van der Waals surface area contributed by atoms with Crippen LogP contribution in [-0.2, 0) is 11.3 Å². The van der Waals surface area contributed by atoms with Crippen molar-refractivity contribution in [2.75, 3.05) is 24.7 Å². The normalized spacial score (nSPS) is 10.1. The van der Waals surface area contributed by atoms with Crippen LogP contribution in [-0.4, -0.2) is 56.1 Å². The number of H-pyrrole nitrogens is 1. The molecule has 2 rings (SSSR count). The second kappa shape index (κ2) is 5.82. The Morgan fingerprint density at radius 3 is 2.85 bits per heavy atom.